The number of hydrogen-bond donors (Lipinski definition) is 8. The van der Waals surface area contributed by atoms with Crippen molar-refractivity contribution in [3.8, 4) is 0 Å². The van der Waals surface area contributed by atoms with Gasteiger partial charge in [-0.15, -0.1) is 6.58 Å². The SMILES string of the molecule is C=C(C)CC(CCCCCC)C(CC(=O)OC[C@H]1O[C@H](O)[C@H](O)[C@@H](O)[C@@H]1O)CC(C)C(=O)O[C@@]1(CO)O[C@H](CO)[C@@H](O)[C@@H]1O. The summed E-state index contributed by atoms with van der Waals surface area (Å²) in [6.45, 7) is 7.38. The van der Waals surface area contributed by atoms with Crippen molar-refractivity contribution in [2.45, 2.75) is 127 Å². The molecule has 2 rings (SSSR count). The Bertz CT molecular complexity index is 916. The molecule has 3 unspecified atom stereocenters. The summed E-state index contributed by atoms with van der Waals surface area (Å²) in [5, 5.41) is 79.5. The Morgan fingerprint density at radius 3 is 2.16 bits per heavy atom. The minimum atomic E-state index is -2.27. The zero-order chi connectivity index (χ0) is 33.2. The number of allylic oxidation sites excluding steroid dienone is 1. The van der Waals surface area contributed by atoms with Crippen LogP contribution < -0.4 is 0 Å². The molecule has 0 aromatic carbocycles. The minimum absolute atomic E-state index is 0.0804. The Morgan fingerprint density at radius 2 is 1.59 bits per heavy atom. The highest BCUT2D eigenvalue weighted by molar-refractivity contribution is 5.73. The number of ether oxygens (including phenoxy) is 4. The van der Waals surface area contributed by atoms with Crippen LogP contribution in [0, 0.1) is 17.8 Å². The van der Waals surface area contributed by atoms with Crippen molar-refractivity contribution in [3.05, 3.63) is 12.2 Å². The highest BCUT2D eigenvalue weighted by Crippen LogP contribution is 2.36. The third kappa shape index (κ3) is 10.1. The molecule has 0 bridgehead atoms. The number of esters is 2. The molecule has 2 fully saturated rings. The molecule has 0 spiro atoms. The summed E-state index contributed by atoms with van der Waals surface area (Å²) < 4.78 is 21.2. The van der Waals surface area contributed by atoms with Crippen molar-refractivity contribution in [2.24, 2.45) is 17.8 Å². The van der Waals surface area contributed by atoms with Gasteiger partial charge in [-0.3, -0.25) is 9.59 Å². The standard InChI is InChI=1S/C30H52O14/c1-5-6-7-8-9-18(10-16(2)3)19(12-22(33)41-14-21-23(34)25(36)26(37)29(40)42-21)11-17(4)28(39)44-30(15-32)27(38)24(35)20(13-31)43-30/h17-21,23-27,29,31-32,34-38,40H,2,5-15H2,1,3-4H3/t17?,18?,19?,20-,21-,23-,24-,25+,26-,27+,29+,30-/m1/s1. The Morgan fingerprint density at radius 1 is 0.909 bits per heavy atom. The second-order valence-electron chi connectivity index (χ2n) is 12.3. The molecule has 44 heavy (non-hydrogen) atoms. The average molecular weight is 637 g/mol. The second kappa shape index (κ2) is 17.8. The highest BCUT2D eigenvalue weighted by atomic mass is 16.8. The van der Waals surface area contributed by atoms with Gasteiger partial charge < -0.3 is 59.8 Å². The van der Waals surface area contributed by atoms with Gasteiger partial charge in [-0.2, -0.15) is 0 Å². The van der Waals surface area contributed by atoms with Crippen LogP contribution in [0.5, 0.6) is 0 Å². The first-order chi connectivity index (χ1) is 20.7. The van der Waals surface area contributed by atoms with E-state index in [1.54, 1.807) is 6.92 Å². The molecule has 2 heterocycles. The van der Waals surface area contributed by atoms with E-state index in [0.717, 1.165) is 37.7 Å². The van der Waals surface area contributed by atoms with Gasteiger partial charge in [-0.05, 0) is 38.0 Å². The molecule has 0 aromatic heterocycles. The Balaban J connectivity index is 2.18. The first kappa shape index (κ1) is 38.5. The average Bonchev–Trinajstić information content (AvgIpc) is 3.22. The number of hydrogen-bond acceptors (Lipinski definition) is 14. The van der Waals surface area contributed by atoms with E-state index in [0.29, 0.717) is 6.42 Å². The van der Waals surface area contributed by atoms with Crippen LogP contribution >= 0.6 is 0 Å². The van der Waals surface area contributed by atoms with E-state index in [2.05, 4.69) is 13.5 Å². The van der Waals surface area contributed by atoms with Crippen LogP contribution in [0.15, 0.2) is 12.2 Å². The molecule has 256 valence electrons. The van der Waals surface area contributed by atoms with Crippen LogP contribution in [0.1, 0.15) is 72.1 Å². The summed E-state index contributed by atoms with van der Waals surface area (Å²) in [6, 6.07) is 0. The van der Waals surface area contributed by atoms with Gasteiger partial charge in [0, 0.05) is 6.42 Å². The number of unbranched alkanes of at least 4 members (excludes halogenated alkanes) is 3. The van der Waals surface area contributed by atoms with E-state index < -0.39 is 98.4 Å². The van der Waals surface area contributed by atoms with Crippen LogP contribution in [0.4, 0.5) is 0 Å². The zero-order valence-electron chi connectivity index (χ0n) is 25.9. The van der Waals surface area contributed by atoms with Crippen molar-refractivity contribution in [2.75, 3.05) is 19.8 Å². The van der Waals surface area contributed by atoms with Crippen molar-refractivity contribution < 1.29 is 69.4 Å². The maximum Gasteiger partial charge on any atom is 0.311 e. The Hall–Kier alpha value is -1.72. The molecule has 2 saturated heterocycles. The molecule has 2 aliphatic rings. The lowest BCUT2D eigenvalue weighted by atomic mass is 9.77. The van der Waals surface area contributed by atoms with Gasteiger partial charge in [0.05, 0.1) is 12.5 Å². The fourth-order valence-electron chi connectivity index (χ4n) is 5.82. The molecule has 0 radical (unpaired) electrons. The van der Waals surface area contributed by atoms with Gasteiger partial charge in [0.15, 0.2) is 12.4 Å². The van der Waals surface area contributed by atoms with E-state index >= 15 is 0 Å². The van der Waals surface area contributed by atoms with Gasteiger partial charge in [0.25, 0.3) is 5.79 Å². The molecule has 0 aliphatic carbocycles. The van der Waals surface area contributed by atoms with Crippen LogP contribution in [0.25, 0.3) is 0 Å². The van der Waals surface area contributed by atoms with Crippen LogP contribution in [0.3, 0.4) is 0 Å². The topological polar surface area (TPSA) is 233 Å². The molecule has 0 aromatic rings. The van der Waals surface area contributed by atoms with Crippen molar-refractivity contribution in [1.29, 1.82) is 0 Å². The van der Waals surface area contributed by atoms with Crippen LogP contribution in [0.2, 0.25) is 0 Å². The normalized spacial score (nSPS) is 34.2. The fraction of sp³-hybridized carbons (Fsp3) is 0.867. The maximum atomic E-state index is 13.2. The summed E-state index contributed by atoms with van der Waals surface area (Å²) >= 11 is 0. The largest absolute Gasteiger partial charge is 0.463 e. The Kier molecular flexibility index (Phi) is 15.6. The Labute approximate surface area is 258 Å². The lowest BCUT2D eigenvalue weighted by molar-refractivity contribution is -0.287. The zero-order valence-corrected chi connectivity index (χ0v) is 25.9. The van der Waals surface area contributed by atoms with E-state index in [-0.39, 0.29) is 18.8 Å². The number of aliphatic hydroxyl groups excluding tert-OH is 8. The summed E-state index contributed by atoms with van der Waals surface area (Å²) in [7, 11) is 0. The van der Waals surface area contributed by atoms with E-state index in [9.17, 15) is 50.4 Å². The molecule has 0 amide bonds. The van der Waals surface area contributed by atoms with Crippen molar-refractivity contribution in [3.63, 3.8) is 0 Å². The molecule has 0 saturated carbocycles. The number of carbonyl (C=O) groups is 2. The van der Waals surface area contributed by atoms with Gasteiger partial charge in [-0.25, -0.2) is 0 Å². The fourth-order valence-corrected chi connectivity index (χ4v) is 5.82. The molecular formula is C30H52O14. The van der Waals surface area contributed by atoms with E-state index in [1.807, 2.05) is 6.92 Å². The van der Waals surface area contributed by atoms with E-state index in [4.69, 9.17) is 18.9 Å². The van der Waals surface area contributed by atoms with Gasteiger partial charge in [0.2, 0.25) is 0 Å². The summed E-state index contributed by atoms with van der Waals surface area (Å²) in [6.07, 6.45) is -7.56. The van der Waals surface area contributed by atoms with Crippen LogP contribution in [-0.4, -0.2) is 127 Å². The second-order valence-corrected chi connectivity index (χ2v) is 12.3. The third-order valence-corrected chi connectivity index (χ3v) is 8.47. The number of carbonyl (C=O) groups excluding carboxylic acids is 2. The van der Waals surface area contributed by atoms with Crippen LogP contribution in [-0.2, 0) is 28.5 Å². The lowest BCUT2D eigenvalue weighted by Gasteiger charge is -2.38. The molecule has 14 nitrogen and oxygen atoms in total. The van der Waals surface area contributed by atoms with Gasteiger partial charge in [0.1, 0.15) is 49.8 Å². The summed E-state index contributed by atoms with van der Waals surface area (Å²) in [5.74, 6) is -5.18. The van der Waals surface area contributed by atoms with Crippen molar-refractivity contribution in [1.82, 2.24) is 0 Å². The number of aliphatic hydroxyl groups is 8. The van der Waals surface area contributed by atoms with Crippen molar-refractivity contribution >= 4 is 11.9 Å². The van der Waals surface area contributed by atoms with E-state index in [1.165, 1.54) is 0 Å². The number of rotatable bonds is 18. The predicted molar refractivity (Wildman–Crippen MR) is 153 cm³/mol. The third-order valence-electron chi connectivity index (χ3n) is 8.47. The first-order valence-electron chi connectivity index (χ1n) is 15.4. The summed E-state index contributed by atoms with van der Waals surface area (Å²) in [5.41, 5.74) is 0.880. The van der Waals surface area contributed by atoms with Gasteiger partial charge in [-0.1, -0.05) is 45.1 Å². The first-order valence-corrected chi connectivity index (χ1v) is 15.4. The quantitative estimate of drug-likeness (QED) is 0.0526. The molecule has 12 atom stereocenters. The maximum absolute atomic E-state index is 13.2. The highest BCUT2D eigenvalue weighted by Gasteiger charge is 2.57. The molecule has 2 aliphatic heterocycles. The molecular weight excluding hydrogens is 584 g/mol. The lowest BCUT2D eigenvalue weighted by Crippen LogP contribution is -2.58. The van der Waals surface area contributed by atoms with Gasteiger partial charge >= 0.3 is 11.9 Å². The predicted octanol–water partition coefficient (Wildman–Crippen LogP) is -0.740. The molecule has 14 heteroatoms. The monoisotopic (exact) mass is 636 g/mol. The molecule has 8 N–H and O–H groups in total. The summed E-state index contributed by atoms with van der Waals surface area (Å²) in [4.78, 5) is 26.3. The minimum Gasteiger partial charge on any atom is -0.463 e. The smallest absolute Gasteiger partial charge is 0.311 e.